The van der Waals surface area contributed by atoms with Crippen LogP contribution < -0.4 is 27.4 Å². The number of hydrogen-bond acceptors (Lipinski definition) is 8. The van der Waals surface area contributed by atoms with Crippen LogP contribution in [0.2, 0.25) is 0 Å². The molecule has 212 valence electrons. The third-order valence-corrected chi connectivity index (χ3v) is 6.25. The summed E-state index contributed by atoms with van der Waals surface area (Å²) in [5.74, 6) is -3.31. The highest BCUT2D eigenvalue weighted by molar-refractivity contribution is 7.98. The van der Waals surface area contributed by atoms with Gasteiger partial charge in [-0.1, -0.05) is 26.0 Å². The molecule has 0 bridgehead atoms. The molecule has 38 heavy (non-hydrogen) atoms. The number of benzene rings is 1. The summed E-state index contributed by atoms with van der Waals surface area (Å²) < 4.78 is 0. The van der Waals surface area contributed by atoms with Gasteiger partial charge < -0.3 is 37.6 Å². The number of amides is 4. The normalized spacial score (nSPS) is 14.1. The van der Waals surface area contributed by atoms with Gasteiger partial charge in [-0.2, -0.15) is 11.8 Å². The van der Waals surface area contributed by atoms with Crippen LogP contribution in [0.1, 0.15) is 45.1 Å². The van der Waals surface area contributed by atoms with E-state index in [9.17, 15) is 34.2 Å². The van der Waals surface area contributed by atoms with E-state index in [1.54, 1.807) is 12.1 Å². The summed E-state index contributed by atoms with van der Waals surface area (Å²) in [6.45, 7) is 3.67. The lowest BCUT2D eigenvalue weighted by Gasteiger charge is -2.26. The van der Waals surface area contributed by atoms with Gasteiger partial charge in [0.05, 0.1) is 6.04 Å². The number of rotatable bonds is 17. The van der Waals surface area contributed by atoms with Crippen molar-refractivity contribution in [2.24, 2.45) is 17.4 Å². The number of nitrogens with two attached hydrogens (primary N) is 2. The minimum absolute atomic E-state index is 0.0297. The Labute approximate surface area is 226 Å². The van der Waals surface area contributed by atoms with Gasteiger partial charge in [-0.05, 0) is 61.3 Å². The zero-order valence-electron chi connectivity index (χ0n) is 21.9. The summed E-state index contributed by atoms with van der Waals surface area (Å²) in [7, 11) is 0. The van der Waals surface area contributed by atoms with Gasteiger partial charge in [0.2, 0.25) is 23.6 Å². The maximum atomic E-state index is 13.2. The van der Waals surface area contributed by atoms with Gasteiger partial charge in [-0.15, -0.1) is 0 Å². The zero-order valence-corrected chi connectivity index (χ0v) is 22.8. The quantitative estimate of drug-likeness (QED) is 0.137. The molecule has 0 radical (unpaired) electrons. The molecular weight excluding hydrogens is 514 g/mol. The number of thioether (sulfide) groups is 1. The molecular formula is C25H39N5O7S. The lowest BCUT2D eigenvalue weighted by Crippen LogP contribution is -2.57. The molecule has 0 aliphatic rings. The van der Waals surface area contributed by atoms with Crippen LogP contribution in [0, 0.1) is 5.92 Å². The molecule has 9 N–H and O–H groups in total. The molecule has 0 heterocycles. The van der Waals surface area contributed by atoms with Crippen LogP contribution >= 0.6 is 11.8 Å². The third kappa shape index (κ3) is 12.3. The fourth-order valence-corrected chi connectivity index (χ4v) is 4.02. The number of carboxylic acid groups (broad SMARTS) is 1. The number of primary amides is 1. The second-order valence-electron chi connectivity index (χ2n) is 9.41. The molecule has 12 nitrogen and oxygen atoms in total. The van der Waals surface area contributed by atoms with E-state index in [2.05, 4.69) is 16.0 Å². The van der Waals surface area contributed by atoms with E-state index in [1.807, 2.05) is 20.1 Å². The predicted molar refractivity (Wildman–Crippen MR) is 144 cm³/mol. The second kappa shape index (κ2) is 16.5. The number of phenols is 1. The van der Waals surface area contributed by atoms with Crippen LogP contribution in [0.25, 0.3) is 0 Å². The van der Waals surface area contributed by atoms with E-state index in [1.165, 1.54) is 23.9 Å². The van der Waals surface area contributed by atoms with Gasteiger partial charge >= 0.3 is 5.97 Å². The first-order chi connectivity index (χ1) is 17.8. The van der Waals surface area contributed by atoms with Gasteiger partial charge in [0, 0.05) is 6.42 Å². The molecule has 1 rings (SSSR count). The van der Waals surface area contributed by atoms with Crippen molar-refractivity contribution in [2.75, 3.05) is 12.0 Å². The maximum absolute atomic E-state index is 13.2. The Kier molecular flexibility index (Phi) is 14.2. The van der Waals surface area contributed by atoms with E-state index >= 15 is 0 Å². The lowest BCUT2D eigenvalue weighted by atomic mass is 10.0. The van der Waals surface area contributed by atoms with Crippen molar-refractivity contribution >= 4 is 41.4 Å². The molecule has 0 fully saturated rings. The van der Waals surface area contributed by atoms with E-state index in [0.717, 1.165) is 5.56 Å². The van der Waals surface area contributed by atoms with Crippen molar-refractivity contribution in [1.29, 1.82) is 0 Å². The Morgan fingerprint density at radius 1 is 0.895 bits per heavy atom. The molecule has 0 saturated heterocycles. The van der Waals surface area contributed by atoms with Crippen molar-refractivity contribution in [3.8, 4) is 5.75 Å². The van der Waals surface area contributed by atoms with Crippen molar-refractivity contribution in [1.82, 2.24) is 16.0 Å². The standard InChI is InChI=1S/C25H39N5O7S/c1-14(2)12-20(24(35)29-19(25(36)37)8-9-21(27)32)30-23(34)18(10-11-38-3)28-22(33)17(26)13-15-4-6-16(31)7-5-15/h4-7,14,17-20,31H,8-13,26H2,1-3H3,(H2,27,32)(H,28,33)(H,29,35)(H,30,34)(H,36,37). The number of carboxylic acids is 1. The Bertz CT molecular complexity index is 958. The lowest BCUT2D eigenvalue weighted by molar-refractivity contribution is -0.142. The van der Waals surface area contributed by atoms with Crippen LogP contribution in [-0.2, 0) is 30.4 Å². The van der Waals surface area contributed by atoms with Crippen LogP contribution in [0.15, 0.2) is 24.3 Å². The van der Waals surface area contributed by atoms with Gasteiger partial charge in [0.1, 0.15) is 23.9 Å². The fraction of sp³-hybridized carbons (Fsp3) is 0.560. The molecule has 0 spiro atoms. The van der Waals surface area contributed by atoms with Crippen LogP contribution in [0.5, 0.6) is 5.75 Å². The molecule has 0 aromatic heterocycles. The SMILES string of the molecule is CSCCC(NC(=O)C(N)Cc1ccc(O)cc1)C(=O)NC(CC(C)C)C(=O)NC(CCC(N)=O)C(=O)O. The van der Waals surface area contributed by atoms with Crippen molar-refractivity contribution in [2.45, 2.75) is 70.1 Å². The molecule has 13 heteroatoms. The van der Waals surface area contributed by atoms with Crippen molar-refractivity contribution in [3.05, 3.63) is 29.8 Å². The molecule has 0 aliphatic heterocycles. The van der Waals surface area contributed by atoms with E-state index in [0.29, 0.717) is 5.75 Å². The first-order valence-electron chi connectivity index (χ1n) is 12.3. The largest absolute Gasteiger partial charge is 0.508 e. The smallest absolute Gasteiger partial charge is 0.326 e. The molecule has 4 unspecified atom stereocenters. The highest BCUT2D eigenvalue weighted by atomic mass is 32.2. The average Bonchev–Trinajstić information content (AvgIpc) is 2.84. The third-order valence-electron chi connectivity index (χ3n) is 5.61. The Morgan fingerprint density at radius 2 is 1.45 bits per heavy atom. The van der Waals surface area contributed by atoms with E-state index in [-0.39, 0.29) is 43.8 Å². The molecule has 1 aromatic carbocycles. The Hall–Kier alpha value is -3.32. The highest BCUT2D eigenvalue weighted by Gasteiger charge is 2.30. The molecule has 0 saturated carbocycles. The van der Waals surface area contributed by atoms with Gasteiger partial charge in [-0.25, -0.2) is 4.79 Å². The average molecular weight is 554 g/mol. The van der Waals surface area contributed by atoms with Crippen molar-refractivity contribution < 1.29 is 34.2 Å². The molecule has 1 aromatic rings. The number of hydrogen-bond donors (Lipinski definition) is 7. The summed E-state index contributed by atoms with van der Waals surface area (Å²) in [4.78, 5) is 61.5. The number of carbonyl (C=O) groups is 5. The van der Waals surface area contributed by atoms with E-state index < -0.39 is 53.8 Å². The fourth-order valence-electron chi connectivity index (χ4n) is 3.55. The number of aliphatic carboxylic acids is 1. The van der Waals surface area contributed by atoms with Gasteiger partial charge in [0.25, 0.3) is 0 Å². The first-order valence-corrected chi connectivity index (χ1v) is 13.7. The number of phenolic OH excluding ortho intramolecular Hbond substituents is 1. The zero-order chi connectivity index (χ0) is 28.8. The molecule has 4 amide bonds. The molecule has 4 atom stereocenters. The monoisotopic (exact) mass is 553 g/mol. The van der Waals surface area contributed by atoms with E-state index in [4.69, 9.17) is 11.5 Å². The first kappa shape index (κ1) is 32.7. The van der Waals surface area contributed by atoms with Crippen molar-refractivity contribution in [3.63, 3.8) is 0 Å². The van der Waals surface area contributed by atoms with Gasteiger partial charge in [-0.3, -0.25) is 19.2 Å². The minimum Gasteiger partial charge on any atom is -0.508 e. The number of carbonyl (C=O) groups excluding carboxylic acids is 4. The maximum Gasteiger partial charge on any atom is 0.326 e. The Balaban J connectivity index is 2.94. The summed E-state index contributed by atoms with van der Waals surface area (Å²) in [6.07, 6.45) is 2.10. The minimum atomic E-state index is -1.36. The number of aromatic hydroxyl groups is 1. The Morgan fingerprint density at radius 3 is 1.97 bits per heavy atom. The van der Waals surface area contributed by atoms with Crippen LogP contribution in [0.3, 0.4) is 0 Å². The summed E-state index contributed by atoms with van der Waals surface area (Å²) in [6, 6.07) is 1.89. The highest BCUT2D eigenvalue weighted by Crippen LogP contribution is 2.12. The molecule has 0 aliphatic carbocycles. The summed E-state index contributed by atoms with van der Waals surface area (Å²) in [5, 5.41) is 26.5. The van der Waals surface area contributed by atoms with Crippen LogP contribution in [0.4, 0.5) is 0 Å². The predicted octanol–water partition coefficient (Wildman–Crippen LogP) is -0.134. The summed E-state index contributed by atoms with van der Waals surface area (Å²) >= 11 is 1.47. The van der Waals surface area contributed by atoms with Gasteiger partial charge in [0.15, 0.2) is 0 Å². The second-order valence-corrected chi connectivity index (χ2v) is 10.4. The summed E-state index contributed by atoms with van der Waals surface area (Å²) in [5.41, 5.74) is 11.9. The topological polar surface area (TPSA) is 214 Å². The van der Waals surface area contributed by atoms with Crippen LogP contribution in [-0.4, -0.2) is 76.0 Å². The number of nitrogens with one attached hydrogen (secondary N) is 3.